The van der Waals surface area contributed by atoms with E-state index in [0.717, 1.165) is 11.1 Å². The third-order valence-electron chi connectivity index (χ3n) is 2.73. The van der Waals surface area contributed by atoms with Gasteiger partial charge in [-0.3, -0.25) is 0 Å². The maximum absolute atomic E-state index is 4.22. The second kappa shape index (κ2) is 6.38. The molecule has 0 amide bonds. The maximum atomic E-state index is 4.22. The lowest BCUT2D eigenvalue weighted by molar-refractivity contribution is 1.08. The van der Waals surface area contributed by atoms with Crippen LogP contribution in [0.3, 0.4) is 0 Å². The molecule has 5 nitrogen and oxygen atoms in total. The Morgan fingerprint density at radius 3 is 1.95 bits per heavy atom. The van der Waals surface area contributed by atoms with Crippen molar-refractivity contribution in [1.82, 2.24) is 15.2 Å². The quantitative estimate of drug-likeness (QED) is 0.742. The van der Waals surface area contributed by atoms with E-state index in [4.69, 9.17) is 0 Å². The van der Waals surface area contributed by atoms with Crippen molar-refractivity contribution in [3.63, 3.8) is 0 Å². The van der Waals surface area contributed by atoms with Gasteiger partial charge in [-0.1, -0.05) is 60.7 Å². The molecule has 3 aromatic rings. The van der Waals surface area contributed by atoms with Crippen LogP contribution in [0.1, 0.15) is 11.1 Å². The smallest absolute Gasteiger partial charge is 0.241 e. The fraction of sp³-hybridized carbons (Fsp3) is 0. The Morgan fingerprint density at radius 2 is 1.33 bits per heavy atom. The number of aliphatic imine (C=N–C) groups is 2. The summed E-state index contributed by atoms with van der Waals surface area (Å²) in [7, 11) is 0. The number of nitrogens with one attached hydrogen (secondary N) is 1. The molecule has 3 rings (SSSR count). The molecular formula is C16H13N5. The molecule has 0 bridgehead atoms. The summed E-state index contributed by atoms with van der Waals surface area (Å²) in [5.41, 5.74) is 2.00. The van der Waals surface area contributed by atoms with Crippen molar-refractivity contribution in [3.05, 3.63) is 71.8 Å². The van der Waals surface area contributed by atoms with Gasteiger partial charge in [-0.15, -0.1) is 5.10 Å². The van der Waals surface area contributed by atoms with Crippen LogP contribution in [0.4, 0.5) is 11.9 Å². The van der Waals surface area contributed by atoms with Gasteiger partial charge in [0.1, 0.15) is 0 Å². The molecule has 0 aliphatic carbocycles. The molecule has 0 aliphatic heterocycles. The van der Waals surface area contributed by atoms with Gasteiger partial charge in [0.05, 0.1) is 0 Å². The molecule has 0 saturated heterocycles. The van der Waals surface area contributed by atoms with Gasteiger partial charge in [-0.2, -0.15) is 4.98 Å². The first-order valence-electron chi connectivity index (χ1n) is 6.51. The molecule has 0 fully saturated rings. The minimum Gasteiger partial charge on any atom is -0.241 e. The van der Waals surface area contributed by atoms with Crippen molar-refractivity contribution >= 4 is 24.3 Å². The average Bonchev–Trinajstić information content (AvgIpc) is 3.01. The van der Waals surface area contributed by atoms with Crippen molar-refractivity contribution in [2.24, 2.45) is 9.98 Å². The fourth-order valence-electron chi connectivity index (χ4n) is 1.71. The van der Waals surface area contributed by atoms with Crippen molar-refractivity contribution in [2.45, 2.75) is 0 Å². The Balaban J connectivity index is 1.69. The molecule has 102 valence electrons. The number of hydrogen-bond donors (Lipinski definition) is 1. The van der Waals surface area contributed by atoms with E-state index in [1.807, 2.05) is 60.7 Å². The SMILES string of the molecule is C(=N/c1n[nH]c(/N=C/c2ccccc2)n1)/c1ccccc1. The Morgan fingerprint density at radius 1 is 0.762 bits per heavy atom. The number of nitrogens with zero attached hydrogens (tertiary/aromatic N) is 4. The van der Waals surface area contributed by atoms with E-state index in [0.29, 0.717) is 11.9 Å². The first-order chi connectivity index (χ1) is 10.4. The maximum Gasteiger partial charge on any atom is 0.269 e. The third kappa shape index (κ3) is 3.70. The van der Waals surface area contributed by atoms with Crippen molar-refractivity contribution in [2.75, 3.05) is 0 Å². The van der Waals surface area contributed by atoms with Gasteiger partial charge in [0.25, 0.3) is 5.95 Å². The first kappa shape index (κ1) is 12.9. The van der Waals surface area contributed by atoms with Gasteiger partial charge in [0, 0.05) is 12.4 Å². The molecule has 0 saturated carbocycles. The summed E-state index contributed by atoms with van der Waals surface area (Å²) in [4.78, 5) is 12.6. The highest BCUT2D eigenvalue weighted by atomic mass is 15.3. The molecule has 1 N–H and O–H groups in total. The zero-order valence-electron chi connectivity index (χ0n) is 11.2. The minimum atomic E-state index is 0.360. The van der Waals surface area contributed by atoms with Crippen LogP contribution in [0.2, 0.25) is 0 Å². The second-order valence-electron chi connectivity index (χ2n) is 4.30. The Kier molecular flexibility index (Phi) is 3.93. The lowest BCUT2D eigenvalue weighted by Crippen LogP contribution is -1.79. The molecule has 0 atom stereocenters. The van der Waals surface area contributed by atoms with Crippen molar-refractivity contribution in [3.8, 4) is 0 Å². The summed E-state index contributed by atoms with van der Waals surface area (Å²) < 4.78 is 0. The molecule has 5 heteroatoms. The number of aromatic nitrogens is 3. The predicted octanol–water partition coefficient (Wildman–Crippen LogP) is 3.31. The summed E-state index contributed by atoms with van der Waals surface area (Å²) >= 11 is 0. The molecule has 0 spiro atoms. The lowest BCUT2D eigenvalue weighted by Gasteiger charge is -1.89. The highest BCUT2D eigenvalue weighted by Gasteiger charge is 1.98. The first-order valence-corrected chi connectivity index (χ1v) is 6.51. The highest BCUT2D eigenvalue weighted by Crippen LogP contribution is 2.10. The van der Waals surface area contributed by atoms with Crippen LogP contribution < -0.4 is 0 Å². The predicted molar refractivity (Wildman–Crippen MR) is 83.8 cm³/mol. The van der Waals surface area contributed by atoms with Gasteiger partial charge in [-0.05, 0) is 11.1 Å². The third-order valence-corrected chi connectivity index (χ3v) is 2.73. The second-order valence-corrected chi connectivity index (χ2v) is 4.30. The number of aromatic amines is 1. The monoisotopic (exact) mass is 275 g/mol. The highest BCUT2D eigenvalue weighted by molar-refractivity contribution is 5.82. The molecule has 2 aromatic carbocycles. The largest absolute Gasteiger partial charge is 0.269 e. The van der Waals surface area contributed by atoms with Crippen LogP contribution >= 0.6 is 0 Å². The van der Waals surface area contributed by atoms with Gasteiger partial charge in [-0.25, -0.2) is 15.1 Å². The Hall–Kier alpha value is -3.08. The van der Waals surface area contributed by atoms with Gasteiger partial charge < -0.3 is 0 Å². The van der Waals surface area contributed by atoms with Gasteiger partial charge in [0.15, 0.2) is 0 Å². The molecule has 1 heterocycles. The molecule has 0 unspecified atom stereocenters. The fourth-order valence-corrected chi connectivity index (χ4v) is 1.71. The van der Waals surface area contributed by atoms with Crippen molar-refractivity contribution < 1.29 is 0 Å². The Labute approximate surface area is 122 Å². The Bertz CT molecular complexity index is 681. The van der Waals surface area contributed by atoms with Crippen LogP contribution in [0.5, 0.6) is 0 Å². The van der Waals surface area contributed by atoms with Crippen LogP contribution in [-0.4, -0.2) is 27.6 Å². The van der Waals surface area contributed by atoms with E-state index >= 15 is 0 Å². The van der Waals surface area contributed by atoms with E-state index < -0.39 is 0 Å². The summed E-state index contributed by atoms with van der Waals surface area (Å²) in [5.74, 6) is 0.790. The molecular weight excluding hydrogens is 262 g/mol. The van der Waals surface area contributed by atoms with Gasteiger partial charge >= 0.3 is 0 Å². The lowest BCUT2D eigenvalue weighted by atomic mass is 10.2. The van der Waals surface area contributed by atoms with Crippen LogP contribution in [-0.2, 0) is 0 Å². The summed E-state index contributed by atoms with van der Waals surface area (Å²) in [5, 5.41) is 6.74. The van der Waals surface area contributed by atoms with Crippen LogP contribution in [0, 0.1) is 0 Å². The van der Waals surface area contributed by atoms with Crippen LogP contribution in [0.15, 0.2) is 70.6 Å². The van der Waals surface area contributed by atoms with E-state index in [-0.39, 0.29) is 0 Å². The molecule has 1 aromatic heterocycles. The molecule has 0 aliphatic rings. The normalized spacial score (nSPS) is 11.4. The molecule has 21 heavy (non-hydrogen) atoms. The van der Waals surface area contributed by atoms with E-state index in [1.165, 1.54) is 0 Å². The van der Waals surface area contributed by atoms with E-state index in [2.05, 4.69) is 25.2 Å². The van der Waals surface area contributed by atoms with E-state index in [9.17, 15) is 0 Å². The standard InChI is InChI=1S/C16H13N5/c1-3-7-13(8-4-1)11-17-15-19-16(21-20-15)18-12-14-9-5-2-6-10-14/h1-12H,(H,19,20,21)/b17-11-,18-12+. The summed E-state index contributed by atoms with van der Waals surface area (Å²) in [6, 6.07) is 19.6. The number of rotatable bonds is 4. The topological polar surface area (TPSA) is 66.3 Å². The van der Waals surface area contributed by atoms with Crippen molar-refractivity contribution in [1.29, 1.82) is 0 Å². The van der Waals surface area contributed by atoms with E-state index in [1.54, 1.807) is 12.4 Å². The summed E-state index contributed by atoms with van der Waals surface area (Å²) in [6.07, 6.45) is 3.44. The molecule has 0 radical (unpaired) electrons. The van der Waals surface area contributed by atoms with Crippen LogP contribution in [0.25, 0.3) is 0 Å². The average molecular weight is 275 g/mol. The number of H-pyrrole nitrogens is 1. The minimum absolute atomic E-state index is 0.360. The number of hydrogen-bond acceptors (Lipinski definition) is 4. The zero-order chi connectivity index (χ0) is 14.3. The zero-order valence-corrected chi connectivity index (χ0v) is 11.2. The summed E-state index contributed by atoms with van der Waals surface area (Å²) in [6.45, 7) is 0. The van der Waals surface area contributed by atoms with Gasteiger partial charge in [0.2, 0.25) is 5.95 Å². The number of benzene rings is 2.